The van der Waals surface area contributed by atoms with E-state index in [-0.39, 0.29) is 11.8 Å². The molecule has 0 N–H and O–H groups in total. The normalized spacial score (nSPS) is 16.6. The summed E-state index contributed by atoms with van der Waals surface area (Å²) in [5.41, 5.74) is 5.05. The lowest BCUT2D eigenvalue weighted by molar-refractivity contribution is -0.113. The van der Waals surface area contributed by atoms with Gasteiger partial charge in [-0.3, -0.25) is 14.7 Å². The quantitative estimate of drug-likeness (QED) is 0.751. The number of carbonyl (C=O) groups is 2. The summed E-state index contributed by atoms with van der Waals surface area (Å²) in [5, 5.41) is 0. The van der Waals surface area contributed by atoms with Gasteiger partial charge >= 0.3 is 6.03 Å². The second kappa shape index (κ2) is 8.45. The van der Waals surface area contributed by atoms with Crippen molar-refractivity contribution in [2.24, 2.45) is 4.99 Å². The SMILES string of the molecule is C=CN(C(=O)N(C)C)c1ccc(C2=CC(=NC)/C(=C(\C)C(C)=O)C=C2)cc1. The first kappa shape index (κ1) is 20.1. The lowest BCUT2D eigenvalue weighted by Crippen LogP contribution is -2.35. The molecule has 1 aromatic carbocycles. The number of anilines is 1. The highest BCUT2D eigenvalue weighted by Crippen LogP contribution is 2.27. The van der Waals surface area contributed by atoms with Crippen LogP contribution in [0.1, 0.15) is 19.4 Å². The van der Waals surface area contributed by atoms with Crippen molar-refractivity contribution in [3.05, 3.63) is 72.0 Å². The smallest absolute Gasteiger partial charge is 0.328 e. The predicted octanol–water partition coefficient (Wildman–Crippen LogP) is 4.25. The second-order valence-corrected chi connectivity index (χ2v) is 6.41. The van der Waals surface area contributed by atoms with Gasteiger partial charge in [-0.15, -0.1) is 0 Å². The molecular weight excluding hydrogens is 338 g/mol. The van der Waals surface area contributed by atoms with Crippen LogP contribution in [0.5, 0.6) is 0 Å². The average molecular weight is 363 g/mol. The Bertz CT molecular complexity index is 885. The van der Waals surface area contributed by atoms with Crippen molar-refractivity contribution in [3.8, 4) is 0 Å². The summed E-state index contributed by atoms with van der Waals surface area (Å²) in [7, 11) is 5.11. The van der Waals surface area contributed by atoms with Crippen LogP contribution < -0.4 is 4.90 Å². The Morgan fingerprint density at radius 3 is 2.19 bits per heavy atom. The number of benzene rings is 1. The van der Waals surface area contributed by atoms with Crippen molar-refractivity contribution in [2.45, 2.75) is 13.8 Å². The fraction of sp³-hybridized carbons (Fsp3) is 0.227. The van der Waals surface area contributed by atoms with Crippen LogP contribution in [0.2, 0.25) is 0 Å². The Balaban J connectivity index is 2.35. The minimum Gasteiger partial charge on any atom is -0.330 e. The largest absolute Gasteiger partial charge is 0.330 e. The van der Waals surface area contributed by atoms with Gasteiger partial charge in [0.05, 0.1) is 11.4 Å². The fourth-order valence-electron chi connectivity index (χ4n) is 2.73. The van der Waals surface area contributed by atoms with E-state index in [1.165, 1.54) is 16.0 Å². The Labute approximate surface area is 160 Å². The molecule has 0 atom stereocenters. The number of Topliss-reactive ketones (excluding diaryl/α,β-unsaturated/α-hetero) is 1. The summed E-state index contributed by atoms with van der Waals surface area (Å²) in [6, 6.07) is 7.49. The number of hydrogen-bond acceptors (Lipinski definition) is 3. The van der Waals surface area contributed by atoms with Crippen molar-refractivity contribution in [1.29, 1.82) is 0 Å². The van der Waals surface area contributed by atoms with Crippen molar-refractivity contribution in [1.82, 2.24) is 4.90 Å². The maximum Gasteiger partial charge on any atom is 0.328 e. The molecule has 0 saturated heterocycles. The molecule has 5 heteroatoms. The van der Waals surface area contributed by atoms with E-state index in [9.17, 15) is 9.59 Å². The highest BCUT2D eigenvalue weighted by molar-refractivity contribution is 6.20. The number of carbonyl (C=O) groups excluding carboxylic acids is 2. The van der Waals surface area contributed by atoms with Gasteiger partial charge in [0.1, 0.15) is 0 Å². The lowest BCUT2D eigenvalue weighted by Gasteiger charge is -2.22. The second-order valence-electron chi connectivity index (χ2n) is 6.41. The van der Waals surface area contributed by atoms with E-state index in [1.807, 2.05) is 49.4 Å². The zero-order valence-corrected chi connectivity index (χ0v) is 16.5. The first-order valence-corrected chi connectivity index (χ1v) is 8.62. The molecular formula is C22H25N3O2. The molecule has 27 heavy (non-hydrogen) atoms. The topological polar surface area (TPSA) is 53.0 Å². The number of amides is 2. The van der Waals surface area contributed by atoms with E-state index >= 15 is 0 Å². The standard InChI is InChI=1S/C22H25N3O2/c1-7-25(22(27)24(5)6)19-11-8-17(9-12-19)18-10-13-20(15(2)16(3)26)21(14-18)23-4/h7-14H,1H2,2-6H3/b20-15+,23-21?. The van der Waals surface area contributed by atoms with Crippen molar-refractivity contribution in [3.63, 3.8) is 0 Å². The highest BCUT2D eigenvalue weighted by atomic mass is 16.2. The Kier molecular flexibility index (Phi) is 6.29. The summed E-state index contributed by atoms with van der Waals surface area (Å²) in [6.45, 7) is 7.09. The highest BCUT2D eigenvalue weighted by Gasteiger charge is 2.16. The first-order valence-electron chi connectivity index (χ1n) is 8.62. The molecule has 0 bridgehead atoms. The van der Waals surface area contributed by atoms with E-state index in [0.29, 0.717) is 5.57 Å². The van der Waals surface area contributed by atoms with Gasteiger partial charge in [0.15, 0.2) is 5.78 Å². The van der Waals surface area contributed by atoms with Crippen LogP contribution in [0.4, 0.5) is 10.5 Å². The van der Waals surface area contributed by atoms with Crippen LogP contribution in [0.25, 0.3) is 5.57 Å². The number of aliphatic imine (C=N–C) groups is 1. The fourth-order valence-corrected chi connectivity index (χ4v) is 2.73. The minimum atomic E-state index is -0.163. The monoisotopic (exact) mass is 363 g/mol. The first-order chi connectivity index (χ1) is 12.8. The summed E-state index contributed by atoms with van der Waals surface area (Å²) < 4.78 is 0. The molecule has 0 spiro atoms. The van der Waals surface area contributed by atoms with Crippen LogP contribution in [0, 0.1) is 0 Å². The van der Waals surface area contributed by atoms with Gasteiger partial charge in [0, 0.05) is 38.5 Å². The number of hydrogen-bond donors (Lipinski definition) is 0. The van der Waals surface area contributed by atoms with E-state index < -0.39 is 0 Å². The maximum atomic E-state index is 12.2. The summed E-state index contributed by atoms with van der Waals surface area (Å²) in [6.07, 6.45) is 7.36. The van der Waals surface area contributed by atoms with Crippen molar-refractivity contribution in [2.75, 3.05) is 26.0 Å². The molecule has 0 aromatic heterocycles. The van der Waals surface area contributed by atoms with E-state index in [0.717, 1.165) is 28.1 Å². The van der Waals surface area contributed by atoms with Gasteiger partial charge in [-0.2, -0.15) is 0 Å². The molecule has 1 aliphatic carbocycles. The zero-order chi connectivity index (χ0) is 20.1. The minimum absolute atomic E-state index is 0.0343. The van der Waals surface area contributed by atoms with Gasteiger partial charge in [-0.25, -0.2) is 4.79 Å². The van der Waals surface area contributed by atoms with Crippen LogP contribution in [0.15, 0.2) is 71.4 Å². The third-order valence-electron chi connectivity index (χ3n) is 4.42. The number of allylic oxidation sites excluding steroid dienone is 6. The van der Waals surface area contributed by atoms with E-state index in [1.54, 1.807) is 28.1 Å². The van der Waals surface area contributed by atoms with Crippen LogP contribution in [0.3, 0.4) is 0 Å². The predicted molar refractivity (Wildman–Crippen MR) is 112 cm³/mol. The van der Waals surface area contributed by atoms with Gasteiger partial charge in [-0.1, -0.05) is 30.9 Å². The molecule has 0 radical (unpaired) electrons. The molecule has 0 saturated carbocycles. The summed E-state index contributed by atoms with van der Waals surface area (Å²) in [4.78, 5) is 31.2. The lowest BCUT2D eigenvalue weighted by atomic mass is 9.92. The van der Waals surface area contributed by atoms with E-state index in [2.05, 4.69) is 11.6 Å². The molecule has 5 nitrogen and oxygen atoms in total. The summed E-state index contributed by atoms with van der Waals surface area (Å²) in [5.74, 6) is 0.0343. The maximum absolute atomic E-state index is 12.2. The number of ketones is 1. The van der Waals surface area contributed by atoms with Crippen LogP contribution >= 0.6 is 0 Å². The third kappa shape index (κ3) is 4.31. The summed E-state index contributed by atoms with van der Waals surface area (Å²) >= 11 is 0. The van der Waals surface area contributed by atoms with Crippen LogP contribution in [-0.4, -0.2) is 43.6 Å². The van der Waals surface area contributed by atoms with Gasteiger partial charge in [0.25, 0.3) is 0 Å². The van der Waals surface area contributed by atoms with Crippen molar-refractivity contribution < 1.29 is 9.59 Å². The Morgan fingerprint density at radius 2 is 1.70 bits per heavy atom. The molecule has 0 unspecified atom stereocenters. The van der Waals surface area contributed by atoms with E-state index in [4.69, 9.17) is 0 Å². The molecule has 0 aliphatic heterocycles. The van der Waals surface area contributed by atoms with Gasteiger partial charge < -0.3 is 4.90 Å². The molecule has 2 rings (SSSR count). The number of urea groups is 1. The number of nitrogens with zero attached hydrogens (tertiary/aromatic N) is 3. The molecule has 1 aliphatic rings. The number of rotatable bonds is 4. The molecule has 2 amide bonds. The Morgan fingerprint density at radius 1 is 1.07 bits per heavy atom. The molecule has 0 fully saturated rings. The van der Waals surface area contributed by atoms with Crippen LogP contribution in [-0.2, 0) is 4.79 Å². The van der Waals surface area contributed by atoms with Gasteiger partial charge in [-0.05, 0) is 43.2 Å². The average Bonchev–Trinajstić information content (AvgIpc) is 2.67. The molecule has 0 heterocycles. The molecule has 1 aromatic rings. The zero-order valence-electron chi connectivity index (χ0n) is 16.5. The third-order valence-corrected chi connectivity index (χ3v) is 4.42. The molecule has 140 valence electrons. The Hall–Kier alpha value is -3.21. The van der Waals surface area contributed by atoms with Crippen molar-refractivity contribution >= 4 is 28.8 Å². The van der Waals surface area contributed by atoms with Gasteiger partial charge in [0.2, 0.25) is 0 Å².